The van der Waals surface area contributed by atoms with E-state index in [4.69, 9.17) is 4.74 Å². The van der Waals surface area contributed by atoms with Crippen molar-refractivity contribution in [1.82, 2.24) is 15.0 Å². The molecule has 144 valence electrons. The molecule has 1 aliphatic rings. The summed E-state index contributed by atoms with van der Waals surface area (Å²) in [4.78, 5) is 37.0. The number of carbonyl (C=O) groups excluding carboxylic acids is 1. The van der Waals surface area contributed by atoms with Crippen LogP contribution >= 0.6 is 11.8 Å². The second-order valence-electron chi connectivity index (χ2n) is 6.00. The standard InChI is InChI=1S/C20H20N4O3S/c1-4-10-27-19(26)14-12(3)22-17-16(15(14)13-6-8-21-9-7-13)18(25)24-20(23-17)28-11-5-2/h4-9,15H,1-2,10-11H2,3H3,(H2,22,23,24,25). The Bertz CT molecular complexity index is 998. The molecule has 0 aliphatic carbocycles. The molecule has 0 fully saturated rings. The van der Waals surface area contributed by atoms with E-state index in [2.05, 4.69) is 33.4 Å². The number of hydrogen-bond acceptors (Lipinski definition) is 7. The van der Waals surface area contributed by atoms with Crippen molar-refractivity contribution in [3.8, 4) is 0 Å². The van der Waals surface area contributed by atoms with Gasteiger partial charge in [0.1, 0.15) is 12.4 Å². The van der Waals surface area contributed by atoms with Gasteiger partial charge in [0.05, 0.1) is 17.1 Å². The molecule has 3 rings (SSSR count). The number of carbonyl (C=O) groups is 1. The minimum atomic E-state index is -0.619. The maximum atomic E-state index is 12.9. The van der Waals surface area contributed by atoms with Crippen LogP contribution in [0.15, 0.2) is 71.1 Å². The zero-order chi connectivity index (χ0) is 20.1. The summed E-state index contributed by atoms with van der Waals surface area (Å²) < 4.78 is 5.27. The highest BCUT2D eigenvalue weighted by Crippen LogP contribution is 2.39. The monoisotopic (exact) mass is 396 g/mol. The minimum Gasteiger partial charge on any atom is -0.458 e. The van der Waals surface area contributed by atoms with Crippen LogP contribution in [0.2, 0.25) is 0 Å². The summed E-state index contributed by atoms with van der Waals surface area (Å²) in [5, 5.41) is 3.57. The zero-order valence-electron chi connectivity index (χ0n) is 15.4. The van der Waals surface area contributed by atoms with Crippen LogP contribution in [0.1, 0.15) is 24.0 Å². The lowest BCUT2D eigenvalue weighted by atomic mass is 9.83. The molecule has 0 radical (unpaired) electrons. The first-order chi connectivity index (χ1) is 13.6. The van der Waals surface area contributed by atoms with Crippen molar-refractivity contribution < 1.29 is 9.53 Å². The van der Waals surface area contributed by atoms with Gasteiger partial charge in [0.2, 0.25) is 0 Å². The van der Waals surface area contributed by atoms with E-state index < -0.39 is 11.9 Å². The predicted octanol–water partition coefficient (Wildman–Crippen LogP) is 3.00. The van der Waals surface area contributed by atoms with Crippen LogP contribution in [0.5, 0.6) is 0 Å². The van der Waals surface area contributed by atoms with E-state index in [0.29, 0.717) is 33.6 Å². The van der Waals surface area contributed by atoms with Crippen molar-refractivity contribution >= 4 is 23.5 Å². The third-order valence-electron chi connectivity index (χ3n) is 4.15. The highest BCUT2D eigenvalue weighted by Gasteiger charge is 2.36. The number of esters is 1. The van der Waals surface area contributed by atoms with Crippen LogP contribution in [0.25, 0.3) is 0 Å². The van der Waals surface area contributed by atoms with Crippen molar-refractivity contribution in [2.75, 3.05) is 17.7 Å². The molecular weight excluding hydrogens is 376 g/mol. The van der Waals surface area contributed by atoms with E-state index in [0.717, 1.165) is 5.56 Å². The molecule has 0 bridgehead atoms. The molecule has 7 nitrogen and oxygen atoms in total. The fraction of sp³-hybridized carbons (Fsp3) is 0.200. The number of rotatable bonds is 7. The van der Waals surface area contributed by atoms with Gasteiger partial charge in [-0.3, -0.25) is 9.78 Å². The van der Waals surface area contributed by atoms with Crippen molar-refractivity contribution in [2.45, 2.75) is 18.0 Å². The number of anilines is 1. The van der Waals surface area contributed by atoms with E-state index in [9.17, 15) is 9.59 Å². The van der Waals surface area contributed by atoms with Gasteiger partial charge >= 0.3 is 5.97 Å². The average Bonchev–Trinajstić information content (AvgIpc) is 2.70. The molecule has 0 saturated heterocycles. The largest absolute Gasteiger partial charge is 0.458 e. The molecule has 2 aromatic rings. The first-order valence-electron chi connectivity index (χ1n) is 8.60. The maximum absolute atomic E-state index is 12.9. The summed E-state index contributed by atoms with van der Waals surface area (Å²) in [5.41, 5.74) is 1.75. The topological polar surface area (TPSA) is 97.0 Å². The Hall–Kier alpha value is -3.13. The van der Waals surface area contributed by atoms with Gasteiger partial charge in [0.25, 0.3) is 5.56 Å². The number of allylic oxidation sites excluding steroid dienone is 1. The average molecular weight is 396 g/mol. The highest BCUT2D eigenvalue weighted by molar-refractivity contribution is 7.99. The predicted molar refractivity (Wildman–Crippen MR) is 109 cm³/mol. The first kappa shape index (κ1) is 19.6. The Morgan fingerprint density at radius 1 is 1.32 bits per heavy atom. The fourth-order valence-electron chi connectivity index (χ4n) is 3.01. The number of nitrogens with one attached hydrogen (secondary N) is 2. The van der Waals surface area contributed by atoms with Crippen molar-refractivity contribution in [1.29, 1.82) is 0 Å². The molecule has 8 heteroatoms. The lowest BCUT2D eigenvalue weighted by molar-refractivity contribution is -0.138. The molecule has 1 unspecified atom stereocenters. The minimum absolute atomic E-state index is 0.0806. The summed E-state index contributed by atoms with van der Waals surface area (Å²) in [6.45, 7) is 9.09. The lowest BCUT2D eigenvalue weighted by Gasteiger charge is -2.28. The molecular formula is C20H20N4O3S. The van der Waals surface area contributed by atoms with E-state index in [-0.39, 0.29) is 12.2 Å². The fourth-order valence-corrected chi connectivity index (χ4v) is 3.61. The SMILES string of the molecule is C=CCOC(=O)C1=C(C)Nc2nc(SCC=C)[nH]c(=O)c2C1c1ccncc1. The summed E-state index contributed by atoms with van der Waals surface area (Å²) in [6, 6.07) is 3.54. The second-order valence-corrected chi connectivity index (χ2v) is 7.01. The molecule has 3 heterocycles. The maximum Gasteiger partial charge on any atom is 0.337 e. The van der Waals surface area contributed by atoms with Crippen LogP contribution in [-0.2, 0) is 9.53 Å². The van der Waals surface area contributed by atoms with Crippen LogP contribution < -0.4 is 10.9 Å². The molecule has 0 saturated carbocycles. The summed E-state index contributed by atoms with van der Waals surface area (Å²) in [5.74, 6) is -0.0910. The van der Waals surface area contributed by atoms with E-state index in [1.807, 2.05) is 0 Å². The molecule has 1 atom stereocenters. The highest BCUT2D eigenvalue weighted by atomic mass is 32.2. The molecule has 0 aromatic carbocycles. The zero-order valence-corrected chi connectivity index (χ0v) is 16.2. The second kappa shape index (κ2) is 8.71. The molecule has 0 amide bonds. The van der Waals surface area contributed by atoms with Crippen molar-refractivity contribution in [3.05, 3.63) is 82.6 Å². The van der Waals surface area contributed by atoms with Gasteiger partial charge in [-0.25, -0.2) is 9.78 Å². The van der Waals surface area contributed by atoms with Crippen LogP contribution in [0.4, 0.5) is 5.82 Å². The number of fused-ring (bicyclic) bond motifs is 1. The van der Waals surface area contributed by atoms with Gasteiger partial charge in [0.15, 0.2) is 5.16 Å². The number of nitrogens with zero attached hydrogens (tertiary/aromatic N) is 2. The first-order valence-corrected chi connectivity index (χ1v) is 9.59. The number of H-pyrrole nitrogens is 1. The number of pyridine rings is 1. The van der Waals surface area contributed by atoms with E-state index in [1.54, 1.807) is 37.5 Å². The number of aromatic nitrogens is 3. The van der Waals surface area contributed by atoms with Gasteiger partial charge in [-0.15, -0.1) is 6.58 Å². The molecule has 28 heavy (non-hydrogen) atoms. The van der Waals surface area contributed by atoms with Gasteiger partial charge in [-0.1, -0.05) is 30.5 Å². The summed E-state index contributed by atoms with van der Waals surface area (Å²) in [6.07, 6.45) is 6.47. The van der Waals surface area contributed by atoms with Crippen LogP contribution in [0.3, 0.4) is 0 Å². The quantitative estimate of drug-likeness (QED) is 0.321. The number of hydrogen-bond donors (Lipinski definition) is 2. The Labute approximate surface area is 166 Å². The molecule has 2 N–H and O–H groups in total. The van der Waals surface area contributed by atoms with Gasteiger partial charge in [-0.05, 0) is 24.6 Å². The van der Waals surface area contributed by atoms with Gasteiger partial charge < -0.3 is 15.0 Å². The normalized spacial score (nSPS) is 15.4. The van der Waals surface area contributed by atoms with E-state index in [1.165, 1.54) is 17.8 Å². The van der Waals surface area contributed by atoms with Crippen molar-refractivity contribution in [2.24, 2.45) is 0 Å². The Morgan fingerprint density at radius 2 is 2.07 bits per heavy atom. The third-order valence-corrected chi connectivity index (χ3v) is 5.02. The summed E-state index contributed by atoms with van der Waals surface area (Å²) >= 11 is 1.37. The Kier molecular flexibility index (Phi) is 6.10. The van der Waals surface area contributed by atoms with Gasteiger partial charge in [0, 0.05) is 23.8 Å². The lowest BCUT2D eigenvalue weighted by Crippen LogP contribution is -2.31. The summed E-state index contributed by atoms with van der Waals surface area (Å²) in [7, 11) is 0. The Morgan fingerprint density at radius 3 is 2.75 bits per heavy atom. The molecule has 2 aromatic heterocycles. The molecule has 0 spiro atoms. The van der Waals surface area contributed by atoms with Crippen LogP contribution in [0, 0.1) is 0 Å². The molecule has 1 aliphatic heterocycles. The number of aromatic amines is 1. The van der Waals surface area contributed by atoms with Crippen LogP contribution in [-0.4, -0.2) is 33.3 Å². The van der Waals surface area contributed by atoms with Gasteiger partial charge in [-0.2, -0.15) is 0 Å². The van der Waals surface area contributed by atoms with Crippen molar-refractivity contribution in [3.63, 3.8) is 0 Å². The number of thioether (sulfide) groups is 1. The Balaban J connectivity index is 2.15. The smallest absolute Gasteiger partial charge is 0.337 e. The van der Waals surface area contributed by atoms with E-state index >= 15 is 0 Å². The number of ether oxygens (including phenoxy) is 1. The third kappa shape index (κ3) is 3.91.